The summed E-state index contributed by atoms with van der Waals surface area (Å²) in [5.74, 6) is 2.55. The molecule has 1 aliphatic heterocycles. The van der Waals surface area contributed by atoms with E-state index in [1.54, 1.807) is 0 Å². The molecule has 0 amide bonds. The van der Waals surface area contributed by atoms with Crippen LogP contribution in [0.25, 0.3) is 0 Å². The normalized spacial score (nSPS) is 27.8. The van der Waals surface area contributed by atoms with Crippen molar-refractivity contribution in [2.75, 3.05) is 11.6 Å². The zero-order chi connectivity index (χ0) is 8.48. The van der Waals surface area contributed by atoms with E-state index in [2.05, 4.69) is 44.4 Å². The largest absolute Gasteiger partial charge is 0.286 e. The van der Waals surface area contributed by atoms with E-state index in [-0.39, 0.29) is 0 Å². The number of rotatable bonds is 1. The summed E-state index contributed by atoms with van der Waals surface area (Å²) in [4.78, 5) is 2.61. The van der Waals surface area contributed by atoms with Crippen LogP contribution in [0.2, 0.25) is 0 Å². The first kappa shape index (κ1) is 9.40. The van der Waals surface area contributed by atoms with Crippen molar-refractivity contribution in [3.8, 4) is 0 Å². The van der Waals surface area contributed by atoms with Crippen LogP contribution < -0.4 is 0 Å². The van der Waals surface area contributed by atoms with Crippen molar-refractivity contribution in [1.29, 1.82) is 0 Å². The second-order valence-electron chi connectivity index (χ2n) is 4.20. The van der Waals surface area contributed by atoms with Gasteiger partial charge in [-0.2, -0.15) is 0 Å². The molecule has 1 atom stereocenters. The quantitative estimate of drug-likeness (QED) is 0.599. The maximum Gasteiger partial charge on any atom is 0.0453 e. The number of hydrogen-bond acceptors (Lipinski definition) is 2. The molecule has 1 rings (SSSR count). The highest BCUT2D eigenvalue weighted by molar-refractivity contribution is 7.99. The molecule has 0 bridgehead atoms. The molecule has 1 saturated heterocycles. The van der Waals surface area contributed by atoms with E-state index >= 15 is 0 Å². The summed E-state index contributed by atoms with van der Waals surface area (Å²) < 4.78 is 0. The van der Waals surface area contributed by atoms with Gasteiger partial charge in [0.25, 0.3) is 0 Å². The predicted molar refractivity (Wildman–Crippen MR) is 53.0 cm³/mol. The van der Waals surface area contributed by atoms with E-state index in [0.717, 1.165) is 6.04 Å². The highest BCUT2D eigenvalue weighted by Gasteiger charge is 2.31. The summed E-state index contributed by atoms with van der Waals surface area (Å²) in [7, 11) is 0. The van der Waals surface area contributed by atoms with Crippen LogP contribution in [-0.2, 0) is 0 Å². The Balaban J connectivity index is 2.57. The van der Waals surface area contributed by atoms with E-state index < -0.39 is 0 Å². The van der Waals surface area contributed by atoms with E-state index in [0.29, 0.717) is 5.54 Å². The highest BCUT2D eigenvalue weighted by atomic mass is 32.2. The maximum absolute atomic E-state index is 2.61. The molecule has 0 aliphatic carbocycles. The standard InChI is InChI=1S/C9H19NS/c1-5-8-6-11-7-10(8)9(2,3)4/h8H,5-7H2,1-4H3. The lowest BCUT2D eigenvalue weighted by atomic mass is 10.0. The van der Waals surface area contributed by atoms with Crippen molar-refractivity contribution in [2.24, 2.45) is 0 Å². The zero-order valence-corrected chi connectivity index (χ0v) is 8.87. The van der Waals surface area contributed by atoms with Gasteiger partial charge in [-0.3, -0.25) is 4.90 Å². The van der Waals surface area contributed by atoms with Gasteiger partial charge in [0, 0.05) is 23.2 Å². The number of nitrogens with zero attached hydrogens (tertiary/aromatic N) is 1. The zero-order valence-electron chi connectivity index (χ0n) is 8.05. The summed E-state index contributed by atoms with van der Waals surface area (Å²) in [6.45, 7) is 9.21. The second kappa shape index (κ2) is 3.36. The minimum atomic E-state index is 0.365. The van der Waals surface area contributed by atoms with Crippen molar-refractivity contribution < 1.29 is 0 Å². The molecule has 0 aromatic heterocycles. The molecule has 0 saturated carbocycles. The molecule has 0 aromatic carbocycles. The van der Waals surface area contributed by atoms with Crippen LogP contribution in [0.15, 0.2) is 0 Å². The van der Waals surface area contributed by atoms with Crippen LogP contribution in [0.1, 0.15) is 34.1 Å². The minimum Gasteiger partial charge on any atom is -0.286 e. The van der Waals surface area contributed by atoms with Gasteiger partial charge >= 0.3 is 0 Å². The molecule has 1 unspecified atom stereocenters. The maximum atomic E-state index is 2.61. The summed E-state index contributed by atoms with van der Waals surface area (Å²) >= 11 is 2.07. The average molecular weight is 173 g/mol. The topological polar surface area (TPSA) is 3.24 Å². The van der Waals surface area contributed by atoms with E-state index in [9.17, 15) is 0 Å². The molecule has 1 aliphatic rings. The molecule has 1 heterocycles. The Hall–Kier alpha value is 0.310. The van der Waals surface area contributed by atoms with Crippen molar-refractivity contribution in [2.45, 2.75) is 45.7 Å². The summed E-state index contributed by atoms with van der Waals surface area (Å²) in [5, 5.41) is 0. The third-order valence-electron chi connectivity index (χ3n) is 2.31. The Labute approximate surface area is 74.5 Å². The van der Waals surface area contributed by atoms with Crippen molar-refractivity contribution in [1.82, 2.24) is 4.90 Å². The fourth-order valence-corrected chi connectivity index (χ4v) is 3.15. The van der Waals surface area contributed by atoms with Gasteiger partial charge in [-0.1, -0.05) is 6.92 Å². The molecule has 0 aromatic rings. The average Bonchev–Trinajstić information content (AvgIpc) is 2.31. The third-order valence-corrected chi connectivity index (χ3v) is 3.40. The van der Waals surface area contributed by atoms with E-state index in [4.69, 9.17) is 0 Å². The first-order valence-corrected chi connectivity index (χ1v) is 5.55. The lowest BCUT2D eigenvalue weighted by molar-refractivity contribution is 0.127. The van der Waals surface area contributed by atoms with Gasteiger partial charge < -0.3 is 0 Å². The predicted octanol–water partition coefficient (Wildman–Crippen LogP) is 2.57. The van der Waals surface area contributed by atoms with Gasteiger partial charge in [0.1, 0.15) is 0 Å². The molecule has 0 N–H and O–H groups in total. The molecule has 1 nitrogen and oxygen atoms in total. The SMILES string of the molecule is CCC1CSCN1C(C)(C)C. The summed E-state index contributed by atoms with van der Waals surface area (Å²) in [6, 6.07) is 0.819. The van der Waals surface area contributed by atoms with E-state index in [1.165, 1.54) is 18.1 Å². The van der Waals surface area contributed by atoms with Crippen LogP contribution in [0.3, 0.4) is 0 Å². The van der Waals surface area contributed by atoms with Gasteiger partial charge in [0.15, 0.2) is 0 Å². The van der Waals surface area contributed by atoms with Crippen LogP contribution in [-0.4, -0.2) is 28.1 Å². The Morgan fingerprint density at radius 3 is 2.45 bits per heavy atom. The summed E-state index contributed by atoms with van der Waals surface area (Å²) in [5.41, 5.74) is 0.365. The van der Waals surface area contributed by atoms with E-state index in [1.807, 2.05) is 0 Å². The molecule has 66 valence electrons. The van der Waals surface area contributed by atoms with Crippen LogP contribution in [0, 0.1) is 0 Å². The molecule has 0 spiro atoms. The Morgan fingerprint density at radius 1 is 1.45 bits per heavy atom. The lowest BCUT2D eigenvalue weighted by Crippen LogP contribution is -2.44. The molecule has 11 heavy (non-hydrogen) atoms. The van der Waals surface area contributed by atoms with Gasteiger partial charge in [0.05, 0.1) is 0 Å². The second-order valence-corrected chi connectivity index (χ2v) is 5.20. The van der Waals surface area contributed by atoms with Gasteiger partial charge in [-0.05, 0) is 27.2 Å². The van der Waals surface area contributed by atoms with Crippen molar-refractivity contribution in [3.05, 3.63) is 0 Å². The fourth-order valence-electron chi connectivity index (χ4n) is 1.56. The Kier molecular flexibility index (Phi) is 2.87. The lowest BCUT2D eigenvalue weighted by Gasteiger charge is -2.35. The molecule has 2 heteroatoms. The van der Waals surface area contributed by atoms with Gasteiger partial charge in [0.2, 0.25) is 0 Å². The Bertz CT molecular complexity index is 128. The molecular formula is C9H19NS. The van der Waals surface area contributed by atoms with Gasteiger partial charge in [-0.15, -0.1) is 11.8 Å². The molecule has 1 fully saturated rings. The molecule has 0 radical (unpaired) electrons. The molecular weight excluding hydrogens is 154 g/mol. The number of hydrogen-bond donors (Lipinski definition) is 0. The van der Waals surface area contributed by atoms with Crippen molar-refractivity contribution >= 4 is 11.8 Å². The summed E-state index contributed by atoms with van der Waals surface area (Å²) in [6.07, 6.45) is 1.30. The fraction of sp³-hybridized carbons (Fsp3) is 1.00. The highest BCUT2D eigenvalue weighted by Crippen LogP contribution is 2.29. The smallest absolute Gasteiger partial charge is 0.0453 e. The van der Waals surface area contributed by atoms with Crippen LogP contribution in [0.5, 0.6) is 0 Å². The monoisotopic (exact) mass is 173 g/mol. The first-order chi connectivity index (χ1) is 5.05. The van der Waals surface area contributed by atoms with Crippen molar-refractivity contribution in [3.63, 3.8) is 0 Å². The van der Waals surface area contributed by atoms with Crippen LogP contribution >= 0.6 is 11.8 Å². The third kappa shape index (κ3) is 2.12. The number of thioether (sulfide) groups is 1. The minimum absolute atomic E-state index is 0.365. The Morgan fingerprint density at radius 2 is 2.09 bits per heavy atom. The van der Waals surface area contributed by atoms with Crippen LogP contribution in [0.4, 0.5) is 0 Å². The first-order valence-electron chi connectivity index (χ1n) is 4.40. The van der Waals surface area contributed by atoms with Gasteiger partial charge in [-0.25, -0.2) is 0 Å².